The molecular weight excluding hydrogens is 407 g/mol. The molecule has 0 aliphatic rings. The van der Waals surface area contributed by atoms with E-state index in [4.69, 9.17) is 4.74 Å². The van der Waals surface area contributed by atoms with E-state index in [1.165, 1.54) is 36.0 Å². The van der Waals surface area contributed by atoms with Gasteiger partial charge in [0.25, 0.3) is 5.91 Å². The molecule has 2 rings (SSSR count). The molecule has 0 saturated heterocycles. The van der Waals surface area contributed by atoms with Crippen molar-refractivity contribution < 1.29 is 32.2 Å². The summed E-state index contributed by atoms with van der Waals surface area (Å²) < 4.78 is 46.1. The fourth-order valence-electron chi connectivity index (χ4n) is 2.24. The van der Waals surface area contributed by atoms with Crippen LogP contribution >= 0.6 is 11.8 Å². The fourth-order valence-corrected chi connectivity index (χ4v) is 3.07. The zero-order valence-corrected chi connectivity index (χ0v) is 16.2. The molecule has 0 saturated carbocycles. The summed E-state index contributed by atoms with van der Waals surface area (Å²) in [6.45, 7) is -2.93. The van der Waals surface area contributed by atoms with Crippen molar-refractivity contribution in [3.63, 3.8) is 0 Å². The van der Waals surface area contributed by atoms with E-state index in [1.807, 2.05) is 0 Å². The van der Waals surface area contributed by atoms with E-state index in [0.717, 1.165) is 10.5 Å². The van der Waals surface area contributed by atoms with Crippen LogP contribution in [0.25, 0.3) is 0 Å². The first kappa shape index (κ1) is 22.6. The van der Waals surface area contributed by atoms with E-state index in [0.29, 0.717) is 18.7 Å². The normalized spacial score (nSPS) is 10.6. The number of amides is 1. The van der Waals surface area contributed by atoms with Gasteiger partial charge in [0, 0.05) is 17.2 Å². The average molecular weight is 427 g/mol. The van der Waals surface area contributed by atoms with E-state index < -0.39 is 18.5 Å². The monoisotopic (exact) mass is 427 g/mol. The smallest absolute Gasteiger partial charge is 0.387 e. The number of esters is 1. The van der Waals surface area contributed by atoms with Gasteiger partial charge in [-0.3, -0.25) is 9.59 Å². The van der Waals surface area contributed by atoms with E-state index in [2.05, 4.69) is 10.1 Å². The van der Waals surface area contributed by atoms with Crippen molar-refractivity contribution in [1.82, 2.24) is 5.32 Å². The van der Waals surface area contributed by atoms with Crippen LogP contribution in [0.15, 0.2) is 53.4 Å². The Balaban J connectivity index is 1.56. The lowest BCUT2D eigenvalue weighted by molar-refractivity contribution is -0.148. The number of hydrogen-bond acceptors (Lipinski definition) is 5. The summed E-state index contributed by atoms with van der Waals surface area (Å²) in [7, 11) is 0. The van der Waals surface area contributed by atoms with Gasteiger partial charge in [0.1, 0.15) is 11.6 Å². The van der Waals surface area contributed by atoms with Crippen molar-refractivity contribution in [1.29, 1.82) is 0 Å². The quantitative estimate of drug-likeness (QED) is 0.436. The maximum absolute atomic E-state index is 12.8. The molecule has 0 unspecified atom stereocenters. The number of carbonyl (C=O) groups excluding carboxylic acids is 2. The first-order valence-electron chi connectivity index (χ1n) is 8.77. The predicted molar refractivity (Wildman–Crippen MR) is 102 cm³/mol. The standard InChI is InChI=1S/C20H20F3NO4S/c21-15-3-7-17(8-4-15)29-12-10-19(26)27-13-18(25)24-11-9-14-1-5-16(6-2-14)28-20(22)23/h1-8,20H,9-13H2,(H,24,25). The summed E-state index contributed by atoms with van der Waals surface area (Å²) in [4.78, 5) is 24.2. The van der Waals surface area contributed by atoms with E-state index in [1.54, 1.807) is 24.3 Å². The molecular formula is C20H20F3NO4S. The Morgan fingerprint density at radius 3 is 2.38 bits per heavy atom. The van der Waals surface area contributed by atoms with E-state index in [-0.39, 0.29) is 24.6 Å². The zero-order valence-electron chi connectivity index (χ0n) is 15.4. The maximum Gasteiger partial charge on any atom is 0.387 e. The average Bonchev–Trinajstić information content (AvgIpc) is 2.69. The first-order valence-corrected chi connectivity index (χ1v) is 9.75. The topological polar surface area (TPSA) is 64.6 Å². The molecule has 1 amide bonds. The molecule has 0 heterocycles. The molecule has 9 heteroatoms. The molecule has 0 radical (unpaired) electrons. The molecule has 0 aromatic heterocycles. The first-order chi connectivity index (χ1) is 13.9. The van der Waals surface area contributed by atoms with Crippen LogP contribution in [0.5, 0.6) is 5.75 Å². The van der Waals surface area contributed by atoms with Gasteiger partial charge in [-0.05, 0) is 48.4 Å². The third-order valence-electron chi connectivity index (χ3n) is 3.64. The largest absolute Gasteiger partial charge is 0.456 e. The van der Waals surface area contributed by atoms with Crippen molar-refractivity contribution in [2.45, 2.75) is 24.3 Å². The van der Waals surface area contributed by atoms with E-state index >= 15 is 0 Å². The van der Waals surface area contributed by atoms with E-state index in [9.17, 15) is 22.8 Å². The van der Waals surface area contributed by atoms with Gasteiger partial charge < -0.3 is 14.8 Å². The van der Waals surface area contributed by atoms with Crippen molar-refractivity contribution in [2.75, 3.05) is 18.9 Å². The van der Waals surface area contributed by atoms with Gasteiger partial charge in [0.2, 0.25) is 0 Å². The molecule has 1 N–H and O–H groups in total. The minimum Gasteiger partial charge on any atom is -0.456 e. The molecule has 2 aromatic rings. The molecule has 0 spiro atoms. The minimum atomic E-state index is -2.87. The summed E-state index contributed by atoms with van der Waals surface area (Å²) >= 11 is 1.39. The number of benzene rings is 2. The highest BCUT2D eigenvalue weighted by Crippen LogP contribution is 2.19. The minimum absolute atomic E-state index is 0.0669. The van der Waals surface area contributed by atoms with Gasteiger partial charge in [-0.1, -0.05) is 12.1 Å². The van der Waals surface area contributed by atoms with Gasteiger partial charge in [-0.15, -0.1) is 11.8 Å². The molecule has 0 fully saturated rings. The number of thioether (sulfide) groups is 1. The molecule has 5 nitrogen and oxygen atoms in total. The lowest BCUT2D eigenvalue weighted by atomic mass is 10.1. The SMILES string of the molecule is O=C(COC(=O)CCSc1ccc(F)cc1)NCCc1ccc(OC(F)F)cc1. The highest BCUT2D eigenvalue weighted by molar-refractivity contribution is 7.99. The van der Waals surface area contributed by atoms with Gasteiger partial charge >= 0.3 is 12.6 Å². The summed E-state index contributed by atoms with van der Waals surface area (Å²) in [6.07, 6.45) is 0.616. The molecule has 0 atom stereocenters. The van der Waals surface area contributed by atoms with Crippen molar-refractivity contribution in [3.05, 3.63) is 59.9 Å². The third-order valence-corrected chi connectivity index (χ3v) is 4.65. The number of nitrogens with one attached hydrogen (secondary N) is 1. The highest BCUT2D eigenvalue weighted by atomic mass is 32.2. The Morgan fingerprint density at radius 1 is 1.03 bits per heavy atom. The second-order valence-corrected chi connectivity index (χ2v) is 7.00. The molecule has 0 aliphatic carbocycles. The Bertz CT molecular complexity index is 785. The van der Waals surface area contributed by atoms with Crippen molar-refractivity contribution >= 4 is 23.6 Å². The van der Waals surface area contributed by atoms with Crippen LogP contribution in [-0.2, 0) is 20.7 Å². The molecule has 2 aromatic carbocycles. The number of ether oxygens (including phenoxy) is 2. The van der Waals surface area contributed by atoms with Gasteiger partial charge in [-0.2, -0.15) is 8.78 Å². The second-order valence-electron chi connectivity index (χ2n) is 5.84. The molecule has 29 heavy (non-hydrogen) atoms. The maximum atomic E-state index is 12.8. The highest BCUT2D eigenvalue weighted by Gasteiger charge is 2.08. The Labute approximate surface area is 170 Å². The van der Waals surface area contributed by atoms with Crippen LogP contribution in [0.1, 0.15) is 12.0 Å². The predicted octanol–water partition coefficient (Wildman–Crippen LogP) is 3.81. The molecule has 0 aliphatic heterocycles. The number of carbonyl (C=O) groups is 2. The molecule has 156 valence electrons. The fraction of sp³-hybridized carbons (Fsp3) is 0.300. The summed E-state index contributed by atoms with van der Waals surface area (Å²) in [5, 5.41) is 2.61. The Kier molecular flexibility index (Phi) is 9.36. The lowest BCUT2D eigenvalue weighted by Crippen LogP contribution is -2.30. The summed E-state index contributed by atoms with van der Waals surface area (Å²) in [5.74, 6) is -0.724. The second kappa shape index (κ2) is 12.0. The van der Waals surface area contributed by atoms with Crippen LogP contribution < -0.4 is 10.1 Å². The van der Waals surface area contributed by atoms with Crippen LogP contribution in [0.3, 0.4) is 0 Å². The van der Waals surface area contributed by atoms with Crippen LogP contribution in [0.4, 0.5) is 13.2 Å². The Hall–Kier alpha value is -2.68. The van der Waals surface area contributed by atoms with Crippen LogP contribution in [-0.4, -0.2) is 37.4 Å². The van der Waals surface area contributed by atoms with Gasteiger partial charge in [-0.25, -0.2) is 4.39 Å². The summed E-state index contributed by atoms with van der Waals surface area (Å²) in [6, 6.07) is 12.0. The number of halogens is 3. The summed E-state index contributed by atoms with van der Waals surface area (Å²) in [5.41, 5.74) is 0.835. The Morgan fingerprint density at radius 2 is 1.72 bits per heavy atom. The number of hydrogen-bond donors (Lipinski definition) is 1. The van der Waals surface area contributed by atoms with Gasteiger partial charge in [0.05, 0.1) is 6.42 Å². The van der Waals surface area contributed by atoms with Crippen molar-refractivity contribution in [3.8, 4) is 5.75 Å². The number of rotatable bonds is 11. The van der Waals surface area contributed by atoms with Crippen LogP contribution in [0.2, 0.25) is 0 Å². The zero-order chi connectivity index (χ0) is 21.1. The van der Waals surface area contributed by atoms with Crippen molar-refractivity contribution in [2.24, 2.45) is 0 Å². The third kappa shape index (κ3) is 9.38. The van der Waals surface area contributed by atoms with Gasteiger partial charge in [0.15, 0.2) is 6.61 Å². The molecule has 0 bridgehead atoms. The number of alkyl halides is 2. The van der Waals surface area contributed by atoms with Crippen LogP contribution in [0, 0.1) is 5.82 Å². The lowest BCUT2D eigenvalue weighted by Gasteiger charge is -2.08.